The molecule has 15 heavy (non-hydrogen) atoms. The van der Waals surface area contributed by atoms with Crippen LogP contribution in [0, 0.1) is 5.41 Å². The highest BCUT2D eigenvalue weighted by Gasteiger charge is 2.49. The van der Waals surface area contributed by atoms with Gasteiger partial charge in [-0.3, -0.25) is 9.80 Å². The third kappa shape index (κ3) is 1.94. The smallest absolute Gasteiger partial charge is 0.0359 e. The first-order valence-corrected chi connectivity index (χ1v) is 6.20. The van der Waals surface area contributed by atoms with Crippen molar-refractivity contribution in [1.82, 2.24) is 9.80 Å². The number of fused-ring (bicyclic) bond motifs is 2. The minimum Gasteiger partial charge on any atom is -0.299 e. The Morgan fingerprint density at radius 3 is 1.73 bits per heavy atom. The lowest BCUT2D eigenvalue weighted by Gasteiger charge is -2.63. The summed E-state index contributed by atoms with van der Waals surface area (Å²) in [7, 11) is 0. The summed E-state index contributed by atoms with van der Waals surface area (Å²) in [5, 5.41) is 0. The summed E-state index contributed by atoms with van der Waals surface area (Å²) < 4.78 is 0. The number of rotatable bonds is 0. The van der Waals surface area contributed by atoms with E-state index in [9.17, 15) is 0 Å². The molecule has 3 rings (SSSR count). The van der Waals surface area contributed by atoms with Gasteiger partial charge in [0.2, 0.25) is 0 Å². The van der Waals surface area contributed by atoms with Crippen LogP contribution in [0.3, 0.4) is 0 Å². The van der Waals surface area contributed by atoms with Crippen molar-refractivity contribution in [2.24, 2.45) is 5.41 Å². The molecule has 1 unspecified atom stereocenters. The van der Waals surface area contributed by atoms with E-state index < -0.39 is 0 Å². The Labute approximate surface area is 94.6 Å². The second-order valence-corrected chi connectivity index (χ2v) is 7.33. The molecule has 0 amide bonds. The zero-order valence-corrected chi connectivity index (χ0v) is 11.2. The largest absolute Gasteiger partial charge is 0.299 e. The van der Waals surface area contributed by atoms with Crippen LogP contribution in [-0.4, -0.2) is 47.1 Å². The summed E-state index contributed by atoms with van der Waals surface area (Å²) in [6.45, 7) is 18.1. The fourth-order valence-corrected chi connectivity index (χ4v) is 3.16. The first-order chi connectivity index (χ1) is 6.69. The van der Waals surface area contributed by atoms with Crippen molar-refractivity contribution in [3.63, 3.8) is 0 Å². The maximum Gasteiger partial charge on any atom is 0.0359 e. The fraction of sp³-hybridized carbons (Fsp3) is 1.00. The topological polar surface area (TPSA) is 6.48 Å². The molecule has 0 aliphatic carbocycles. The summed E-state index contributed by atoms with van der Waals surface area (Å²) >= 11 is 0. The molecule has 0 N–H and O–H groups in total. The highest BCUT2D eigenvalue weighted by Crippen LogP contribution is 2.39. The summed E-state index contributed by atoms with van der Waals surface area (Å²) in [5.41, 5.74) is 0.708. The lowest BCUT2D eigenvalue weighted by Crippen LogP contribution is -2.76. The Hall–Kier alpha value is -0.0800. The Morgan fingerprint density at radius 2 is 1.40 bits per heavy atom. The monoisotopic (exact) mass is 210 g/mol. The summed E-state index contributed by atoms with van der Waals surface area (Å²) in [4.78, 5) is 5.37. The fourth-order valence-electron chi connectivity index (χ4n) is 3.16. The number of hydrogen-bond acceptors (Lipinski definition) is 2. The predicted molar refractivity (Wildman–Crippen MR) is 65.1 cm³/mol. The SMILES string of the molecule is CC(C)(C)C1CN2CC(C2)N1C(C)(C)C. The highest BCUT2D eigenvalue weighted by molar-refractivity contribution is 5.05. The Balaban J connectivity index is 2.22. The van der Waals surface area contributed by atoms with Crippen molar-refractivity contribution >= 4 is 0 Å². The van der Waals surface area contributed by atoms with Gasteiger partial charge in [-0.15, -0.1) is 0 Å². The van der Waals surface area contributed by atoms with E-state index in [2.05, 4.69) is 51.3 Å². The molecule has 3 fully saturated rings. The van der Waals surface area contributed by atoms with E-state index in [0.29, 0.717) is 17.0 Å². The van der Waals surface area contributed by atoms with Crippen LogP contribution in [0.5, 0.6) is 0 Å². The van der Waals surface area contributed by atoms with Gasteiger partial charge in [-0.25, -0.2) is 0 Å². The van der Waals surface area contributed by atoms with Gasteiger partial charge in [0.15, 0.2) is 0 Å². The van der Waals surface area contributed by atoms with Gasteiger partial charge >= 0.3 is 0 Å². The molecule has 0 saturated carbocycles. The van der Waals surface area contributed by atoms with Crippen LogP contribution >= 0.6 is 0 Å². The van der Waals surface area contributed by atoms with Crippen LogP contribution in [-0.2, 0) is 0 Å². The highest BCUT2D eigenvalue weighted by atomic mass is 15.4. The molecule has 3 aliphatic rings. The molecule has 0 aromatic rings. The van der Waals surface area contributed by atoms with Crippen molar-refractivity contribution in [2.45, 2.75) is 59.2 Å². The van der Waals surface area contributed by atoms with Crippen molar-refractivity contribution in [3.8, 4) is 0 Å². The van der Waals surface area contributed by atoms with Gasteiger partial charge in [0.05, 0.1) is 0 Å². The third-order valence-corrected chi connectivity index (χ3v) is 3.87. The van der Waals surface area contributed by atoms with Crippen molar-refractivity contribution in [1.29, 1.82) is 0 Å². The summed E-state index contributed by atoms with van der Waals surface area (Å²) in [6, 6.07) is 1.52. The molecule has 2 nitrogen and oxygen atoms in total. The van der Waals surface area contributed by atoms with E-state index in [0.717, 1.165) is 6.04 Å². The van der Waals surface area contributed by atoms with Gasteiger partial charge in [0.25, 0.3) is 0 Å². The van der Waals surface area contributed by atoms with Gasteiger partial charge in [0.1, 0.15) is 0 Å². The summed E-state index contributed by atoms with van der Waals surface area (Å²) in [6.07, 6.45) is 0. The zero-order valence-electron chi connectivity index (χ0n) is 11.2. The van der Waals surface area contributed by atoms with E-state index >= 15 is 0 Å². The van der Waals surface area contributed by atoms with Crippen molar-refractivity contribution in [3.05, 3.63) is 0 Å². The molecular weight excluding hydrogens is 184 g/mol. The molecule has 0 radical (unpaired) electrons. The third-order valence-electron chi connectivity index (χ3n) is 3.87. The maximum atomic E-state index is 2.77. The second-order valence-electron chi connectivity index (χ2n) is 7.33. The lowest BCUT2D eigenvalue weighted by atomic mass is 9.78. The average Bonchev–Trinajstić information content (AvgIpc) is 1.98. The molecule has 0 spiro atoms. The van der Waals surface area contributed by atoms with Crippen LogP contribution in [0.2, 0.25) is 0 Å². The quantitative estimate of drug-likeness (QED) is 0.605. The van der Waals surface area contributed by atoms with Crippen LogP contribution in [0.15, 0.2) is 0 Å². The van der Waals surface area contributed by atoms with Gasteiger partial charge in [-0.1, -0.05) is 20.8 Å². The van der Waals surface area contributed by atoms with Gasteiger partial charge in [-0.2, -0.15) is 0 Å². The van der Waals surface area contributed by atoms with E-state index in [1.807, 2.05) is 0 Å². The molecule has 2 bridgehead atoms. The Morgan fingerprint density at radius 1 is 0.867 bits per heavy atom. The van der Waals surface area contributed by atoms with Crippen molar-refractivity contribution in [2.75, 3.05) is 19.6 Å². The van der Waals surface area contributed by atoms with E-state index in [1.54, 1.807) is 0 Å². The van der Waals surface area contributed by atoms with E-state index in [4.69, 9.17) is 0 Å². The molecule has 2 heteroatoms. The van der Waals surface area contributed by atoms with Gasteiger partial charge < -0.3 is 0 Å². The van der Waals surface area contributed by atoms with Crippen molar-refractivity contribution < 1.29 is 0 Å². The predicted octanol–water partition coefficient (Wildman–Crippen LogP) is 2.20. The molecule has 3 saturated heterocycles. The number of hydrogen-bond donors (Lipinski definition) is 0. The number of nitrogens with zero attached hydrogens (tertiary/aromatic N) is 2. The molecule has 88 valence electrons. The van der Waals surface area contributed by atoms with Crippen LogP contribution < -0.4 is 0 Å². The molecule has 0 aromatic heterocycles. The molecule has 3 heterocycles. The molecular formula is C13H26N2. The molecule has 3 aliphatic heterocycles. The minimum atomic E-state index is 0.315. The standard InChI is InChI=1S/C13H26N2/c1-12(2,3)11-9-14-7-10(8-14)15(11)13(4,5)6/h10-11H,7-9H2,1-6H3. The lowest BCUT2D eigenvalue weighted by molar-refractivity contribution is -0.137. The first-order valence-electron chi connectivity index (χ1n) is 6.20. The van der Waals surface area contributed by atoms with E-state index in [1.165, 1.54) is 19.6 Å². The number of piperazine rings is 2. The molecule has 0 aromatic carbocycles. The van der Waals surface area contributed by atoms with Crippen LogP contribution in [0.1, 0.15) is 41.5 Å². The Bertz CT molecular complexity index is 240. The second kappa shape index (κ2) is 3.21. The average molecular weight is 210 g/mol. The van der Waals surface area contributed by atoms with E-state index in [-0.39, 0.29) is 0 Å². The minimum absolute atomic E-state index is 0.315. The first kappa shape index (κ1) is 11.4. The summed E-state index contributed by atoms with van der Waals surface area (Å²) in [5.74, 6) is 0. The van der Waals surface area contributed by atoms with Crippen LogP contribution in [0.4, 0.5) is 0 Å². The molecule has 1 atom stereocenters. The van der Waals surface area contributed by atoms with Gasteiger partial charge in [-0.05, 0) is 26.2 Å². The van der Waals surface area contributed by atoms with Crippen LogP contribution in [0.25, 0.3) is 0 Å². The normalized spacial score (nSPS) is 37.6. The van der Waals surface area contributed by atoms with Gasteiger partial charge in [0, 0.05) is 37.3 Å². The maximum absolute atomic E-state index is 2.77. The zero-order chi connectivity index (χ0) is 11.4. The Kier molecular flexibility index (Phi) is 2.44.